The molecule has 0 saturated carbocycles. The number of carbonyl (C=O) groups excluding carboxylic acids is 1. The normalized spacial score (nSPS) is 21.7. The second-order valence-electron chi connectivity index (χ2n) is 8.18. The third-order valence-corrected chi connectivity index (χ3v) is 4.52. The molecule has 1 unspecified atom stereocenters. The monoisotopic (exact) mass is 342 g/mol. The summed E-state index contributed by atoms with van der Waals surface area (Å²) in [5.74, 6) is 0.364. The molecule has 1 saturated heterocycles. The van der Waals surface area contributed by atoms with Crippen LogP contribution in [0.5, 0.6) is 0 Å². The summed E-state index contributed by atoms with van der Waals surface area (Å²) in [5, 5.41) is 4.62. The van der Waals surface area contributed by atoms with Crippen LogP contribution in [0.15, 0.2) is 6.07 Å². The molecule has 0 bridgehead atoms. The van der Waals surface area contributed by atoms with Gasteiger partial charge >= 0.3 is 0 Å². The molecule has 2 heterocycles. The molecule has 5 nitrogen and oxygen atoms in total. The summed E-state index contributed by atoms with van der Waals surface area (Å²) in [6, 6.07) is 1.95. The van der Waals surface area contributed by atoms with Gasteiger partial charge in [-0.25, -0.2) is 0 Å². The fourth-order valence-electron chi connectivity index (χ4n) is 2.97. The Bertz CT molecular complexity index is 561. The van der Waals surface area contributed by atoms with Crippen LogP contribution in [0.3, 0.4) is 0 Å². The van der Waals surface area contributed by atoms with E-state index in [-0.39, 0.29) is 29.3 Å². The average Bonchev–Trinajstić information content (AvgIpc) is 3.02. The molecule has 1 atom stereocenters. The SMILES string of the molecule is CC(C)c1cc(C(=O)N2CCC(C)(CN)C2)nn1C(C)(C)C.Cl. The predicted molar refractivity (Wildman–Crippen MR) is 96.2 cm³/mol. The van der Waals surface area contributed by atoms with Gasteiger partial charge in [-0.2, -0.15) is 5.10 Å². The quantitative estimate of drug-likeness (QED) is 0.918. The maximum Gasteiger partial charge on any atom is 0.274 e. The van der Waals surface area contributed by atoms with Gasteiger partial charge in [-0.15, -0.1) is 12.4 Å². The maximum atomic E-state index is 12.8. The van der Waals surface area contributed by atoms with E-state index in [1.54, 1.807) is 0 Å². The van der Waals surface area contributed by atoms with Crippen molar-refractivity contribution in [1.82, 2.24) is 14.7 Å². The first kappa shape index (κ1) is 20.0. The number of likely N-dealkylation sites (tertiary alicyclic amines) is 1. The van der Waals surface area contributed by atoms with Crippen molar-refractivity contribution in [3.05, 3.63) is 17.5 Å². The molecule has 1 aliphatic rings. The number of rotatable bonds is 3. The number of carbonyl (C=O) groups is 1. The van der Waals surface area contributed by atoms with Crippen molar-refractivity contribution in [3.8, 4) is 0 Å². The number of halogens is 1. The second kappa shape index (κ2) is 6.81. The van der Waals surface area contributed by atoms with Crippen molar-refractivity contribution in [3.63, 3.8) is 0 Å². The fraction of sp³-hybridized carbons (Fsp3) is 0.765. The molecule has 2 rings (SSSR count). The van der Waals surface area contributed by atoms with Crippen LogP contribution in [0.2, 0.25) is 0 Å². The molecular formula is C17H31ClN4O. The molecule has 1 amide bonds. The molecular weight excluding hydrogens is 312 g/mol. The van der Waals surface area contributed by atoms with Gasteiger partial charge in [0, 0.05) is 18.8 Å². The third kappa shape index (κ3) is 4.07. The van der Waals surface area contributed by atoms with Gasteiger partial charge in [0.15, 0.2) is 5.69 Å². The molecule has 1 aromatic heterocycles. The molecule has 23 heavy (non-hydrogen) atoms. The Morgan fingerprint density at radius 1 is 1.43 bits per heavy atom. The van der Waals surface area contributed by atoms with Crippen LogP contribution < -0.4 is 5.73 Å². The van der Waals surface area contributed by atoms with E-state index in [1.807, 2.05) is 15.6 Å². The highest BCUT2D eigenvalue weighted by atomic mass is 35.5. The van der Waals surface area contributed by atoms with E-state index < -0.39 is 0 Å². The van der Waals surface area contributed by atoms with Crippen molar-refractivity contribution in [2.24, 2.45) is 11.1 Å². The van der Waals surface area contributed by atoms with Crippen molar-refractivity contribution in [1.29, 1.82) is 0 Å². The molecule has 0 spiro atoms. The molecule has 132 valence electrons. The lowest BCUT2D eigenvalue weighted by atomic mass is 9.90. The number of nitrogens with zero attached hydrogens (tertiary/aromatic N) is 3. The van der Waals surface area contributed by atoms with Crippen LogP contribution in [-0.4, -0.2) is 40.2 Å². The Kier molecular flexibility index (Phi) is 5.92. The Labute approximate surface area is 146 Å². The number of hydrogen-bond acceptors (Lipinski definition) is 3. The van der Waals surface area contributed by atoms with Gasteiger partial charge in [0.1, 0.15) is 0 Å². The molecule has 0 radical (unpaired) electrons. The summed E-state index contributed by atoms with van der Waals surface area (Å²) in [6.07, 6.45) is 0.965. The summed E-state index contributed by atoms with van der Waals surface area (Å²) in [6.45, 7) is 14.9. The van der Waals surface area contributed by atoms with E-state index in [0.717, 1.165) is 25.2 Å². The molecule has 6 heteroatoms. The molecule has 2 N–H and O–H groups in total. The van der Waals surface area contributed by atoms with Crippen molar-refractivity contribution < 1.29 is 4.79 Å². The highest BCUT2D eigenvalue weighted by Crippen LogP contribution is 2.30. The maximum absolute atomic E-state index is 12.8. The zero-order chi connectivity index (χ0) is 16.7. The number of aromatic nitrogens is 2. The summed E-state index contributed by atoms with van der Waals surface area (Å²) in [4.78, 5) is 14.7. The van der Waals surface area contributed by atoms with Gasteiger partial charge in [0.25, 0.3) is 5.91 Å². The van der Waals surface area contributed by atoms with E-state index in [2.05, 4.69) is 46.6 Å². The summed E-state index contributed by atoms with van der Waals surface area (Å²) in [7, 11) is 0. The van der Waals surface area contributed by atoms with E-state index in [4.69, 9.17) is 5.73 Å². The average molecular weight is 343 g/mol. The van der Waals surface area contributed by atoms with Crippen molar-refractivity contribution in [2.75, 3.05) is 19.6 Å². The van der Waals surface area contributed by atoms with Crippen LogP contribution in [0.1, 0.15) is 70.1 Å². The first-order valence-electron chi connectivity index (χ1n) is 8.17. The van der Waals surface area contributed by atoms with Crippen LogP contribution in [0.25, 0.3) is 0 Å². The van der Waals surface area contributed by atoms with Crippen LogP contribution in [0.4, 0.5) is 0 Å². The second-order valence-corrected chi connectivity index (χ2v) is 8.18. The molecule has 1 fully saturated rings. The van der Waals surface area contributed by atoms with E-state index in [9.17, 15) is 4.79 Å². The molecule has 0 aliphatic carbocycles. The lowest BCUT2D eigenvalue weighted by molar-refractivity contribution is 0.0769. The van der Waals surface area contributed by atoms with E-state index >= 15 is 0 Å². The van der Waals surface area contributed by atoms with Gasteiger partial charge in [-0.1, -0.05) is 20.8 Å². The highest BCUT2D eigenvalue weighted by molar-refractivity contribution is 5.92. The van der Waals surface area contributed by atoms with Gasteiger partial charge < -0.3 is 10.6 Å². The smallest absolute Gasteiger partial charge is 0.274 e. The number of nitrogens with two attached hydrogens (primary N) is 1. The zero-order valence-corrected chi connectivity index (χ0v) is 16.0. The van der Waals surface area contributed by atoms with E-state index in [0.29, 0.717) is 18.2 Å². The van der Waals surface area contributed by atoms with Gasteiger partial charge in [-0.05, 0) is 51.1 Å². The van der Waals surface area contributed by atoms with Crippen LogP contribution in [0, 0.1) is 5.41 Å². The van der Waals surface area contributed by atoms with E-state index in [1.165, 1.54) is 0 Å². The minimum atomic E-state index is -0.130. The molecule has 1 aliphatic heterocycles. The van der Waals surface area contributed by atoms with Gasteiger partial charge in [0.05, 0.1) is 5.54 Å². The Morgan fingerprint density at radius 2 is 2.04 bits per heavy atom. The standard InChI is InChI=1S/C17H30N4O.ClH/c1-12(2)14-9-13(19-21(14)16(3,4)5)15(22)20-8-7-17(6,10-18)11-20;/h9,12H,7-8,10-11,18H2,1-6H3;1H. The molecule has 0 aromatic carbocycles. The summed E-state index contributed by atoms with van der Waals surface area (Å²) >= 11 is 0. The molecule has 1 aromatic rings. The lowest BCUT2D eigenvalue weighted by Crippen LogP contribution is -2.35. The highest BCUT2D eigenvalue weighted by Gasteiger charge is 2.36. The van der Waals surface area contributed by atoms with Crippen LogP contribution >= 0.6 is 12.4 Å². The zero-order valence-electron chi connectivity index (χ0n) is 15.2. The summed E-state index contributed by atoms with van der Waals surface area (Å²) in [5.41, 5.74) is 7.41. The minimum Gasteiger partial charge on any atom is -0.337 e. The minimum absolute atomic E-state index is 0. The number of hydrogen-bond donors (Lipinski definition) is 1. The first-order valence-corrected chi connectivity index (χ1v) is 8.17. The fourth-order valence-corrected chi connectivity index (χ4v) is 2.97. The summed E-state index contributed by atoms with van der Waals surface area (Å²) < 4.78 is 1.99. The van der Waals surface area contributed by atoms with Crippen LogP contribution in [-0.2, 0) is 5.54 Å². The topological polar surface area (TPSA) is 64.2 Å². The largest absolute Gasteiger partial charge is 0.337 e. The van der Waals surface area contributed by atoms with Gasteiger partial charge in [0.2, 0.25) is 0 Å². The predicted octanol–water partition coefficient (Wildman–Crippen LogP) is 2.99. The number of amides is 1. The van der Waals surface area contributed by atoms with Gasteiger partial charge in [-0.3, -0.25) is 9.48 Å². The first-order chi connectivity index (χ1) is 10.1. The third-order valence-electron chi connectivity index (χ3n) is 4.52. The Hall–Kier alpha value is -1.07. The lowest BCUT2D eigenvalue weighted by Gasteiger charge is -2.24. The Morgan fingerprint density at radius 3 is 2.43 bits per heavy atom. The van der Waals surface area contributed by atoms with Crippen molar-refractivity contribution >= 4 is 18.3 Å². The Balaban J connectivity index is 0.00000264. The van der Waals surface area contributed by atoms with Crippen molar-refractivity contribution in [2.45, 2.75) is 59.4 Å².